The number of benzene rings is 1. The first kappa shape index (κ1) is 17.1. The predicted molar refractivity (Wildman–Crippen MR) is 80.0 cm³/mol. The zero-order valence-electron chi connectivity index (χ0n) is 12.4. The summed E-state index contributed by atoms with van der Waals surface area (Å²) in [6, 6.07) is 6.19. The van der Waals surface area contributed by atoms with Crippen LogP contribution in [0, 0.1) is 0 Å². The maximum absolute atomic E-state index is 12.3. The molecule has 1 aromatic carbocycles. The van der Waals surface area contributed by atoms with Gasteiger partial charge in [0.05, 0.1) is 11.4 Å². The minimum absolute atomic E-state index is 0.0324. The third-order valence-electron chi connectivity index (χ3n) is 3.46. The number of likely N-dealkylation sites (tertiary alicyclic amines) is 1. The number of alkyl halides is 3. The van der Waals surface area contributed by atoms with Gasteiger partial charge in [0.25, 0.3) is 0 Å². The number of para-hydroxylation sites is 2. The second kappa shape index (κ2) is 7.34. The van der Waals surface area contributed by atoms with Gasteiger partial charge in [0.15, 0.2) is 0 Å². The second-order valence-electron chi connectivity index (χ2n) is 5.30. The van der Waals surface area contributed by atoms with Crippen LogP contribution in [0.2, 0.25) is 0 Å². The molecule has 0 spiro atoms. The van der Waals surface area contributed by atoms with Gasteiger partial charge in [-0.15, -0.1) is 0 Å². The molecule has 2 amide bonds. The van der Waals surface area contributed by atoms with E-state index in [4.69, 9.17) is 0 Å². The lowest BCUT2D eigenvalue weighted by Gasteiger charge is -2.16. The molecule has 0 unspecified atom stereocenters. The van der Waals surface area contributed by atoms with Crippen molar-refractivity contribution in [2.75, 3.05) is 30.3 Å². The molecule has 8 heteroatoms. The molecule has 2 rings (SSSR count). The molecule has 0 bridgehead atoms. The van der Waals surface area contributed by atoms with Gasteiger partial charge < -0.3 is 15.5 Å². The Morgan fingerprint density at radius 3 is 2.52 bits per heavy atom. The molecule has 1 heterocycles. The summed E-state index contributed by atoms with van der Waals surface area (Å²) >= 11 is 0. The van der Waals surface area contributed by atoms with Gasteiger partial charge in [-0.3, -0.25) is 9.59 Å². The number of anilines is 2. The average molecular weight is 329 g/mol. The molecule has 1 aliphatic rings. The van der Waals surface area contributed by atoms with E-state index in [0.29, 0.717) is 19.5 Å². The van der Waals surface area contributed by atoms with Gasteiger partial charge >= 0.3 is 6.18 Å². The number of carbonyl (C=O) groups excluding carboxylic acids is 2. The summed E-state index contributed by atoms with van der Waals surface area (Å²) in [5.74, 6) is -0.309. The molecule has 0 saturated carbocycles. The quantitative estimate of drug-likeness (QED) is 0.843. The molecule has 1 saturated heterocycles. The van der Waals surface area contributed by atoms with Crippen molar-refractivity contribution in [2.24, 2.45) is 0 Å². The van der Waals surface area contributed by atoms with Crippen LogP contribution in [0.1, 0.15) is 19.3 Å². The van der Waals surface area contributed by atoms with E-state index in [0.717, 1.165) is 6.42 Å². The van der Waals surface area contributed by atoms with Gasteiger partial charge in [0.1, 0.15) is 6.54 Å². The number of hydrogen-bond donors (Lipinski definition) is 2. The molecule has 0 aliphatic carbocycles. The molecule has 1 aliphatic heterocycles. The Bertz CT molecular complexity index is 575. The van der Waals surface area contributed by atoms with Crippen LogP contribution in [-0.2, 0) is 9.59 Å². The highest BCUT2D eigenvalue weighted by Crippen LogP contribution is 2.23. The van der Waals surface area contributed by atoms with Crippen molar-refractivity contribution in [3.05, 3.63) is 24.3 Å². The molecule has 23 heavy (non-hydrogen) atoms. The lowest BCUT2D eigenvalue weighted by Crippen LogP contribution is -2.29. The van der Waals surface area contributed by atoms with E-state index in [2.05, 4.69) is 10.6 Å². The summed E-state index contributed by atoms with van der Waals surface area (Å²) in [6.07, 6.45) is -2.93. The topological polar surface area (TPSA) is 61.4 Å². The Morgan fingerprint density at radius 2 is 1.91 bits per heavy atom. The third kappa shape index (κ3) is 5.46. The van der Waals surface area contributed by atoms with Crippen LogP contribution in [0.15, 0.2) is 24.3 Å². The van der Waals surface area contributed by atoms with Crippen LogP contribution in [-0.4, -0.2) is 42.5 Å². The lowest BCUT2D eigenvalue weighted by molar-refractivity contribution is -0.128. The smallest absolute Gasteiger partial charge is 0.375 e. The summed E-state index contributed by atoms with van der Waals surface area (Å²) in [7, 11) is 0. The first-order valence-electron chi connectivity index (χ1n) is 7.32. The van der Waals surface area contributed by atoms with Crippen molar-refractivity contribution in [3.8, 4) is 0 Å². The molecule has 0 radical (unpaired) electrons. The van der Waals surface area contributed by atoms with E-state index in [1.165, 1.54) is 12.1 Å². The Balaban J connectivity index is 1.88. The van der Waals surface area contributed by atoms with Crippen LogP contribution < -0.4 is 10.6 Å². The number of hydrogen-bond acceptors (Lipinski definition) is 3. The molecular formula is C15H18F3N3O2. The van der Waals surface area contributed by atoms with Crippen LogP contribution >= 0.6 is 0 Å². The maximum atomic E-state index is 12.3. The van der Waals surface area contributed by atoms with Gasteiger partial charge in [-0.2, -0.15) is 13.2 Å². The van der Waals surface area contributed by atoms with Crippen LogP contribution in [0.4, 0.5) is 24.5 Å². The van der Waals surface area contributed by atoms with Crippen molar-refractivity contribution >= 4 is 23.2 Å². The zero-order valence-corrected chi connectivity index (χ0v) is 12.4. The van der Waals surface area contributed by atoms with Crippen LogP contribution in [0.25, 0.3) is 0 Å². The zero-order chi connectivity index (χ0) is 16.9. The molecule has 126 valence electrons. The van der Waals surface area contributed by atoms with Gasteiger partial charge in [0.2, 0.25) is 11.8 Å². The van der Waals surface area contributed by atoms with Crippen molar-refractivity contribution in [1.82, 2.24) is 4.90 Å². The monoisotopic (exact) mass is 329 g/mol. The van der Waals surface area contributed by atoms with Crippen molar-refractivity contribution in [1.29, 1.82) is 0 Å². The number of nitrogens with zero attached hydrogens (tertiary/aromatic N) is 1. The fourth-order valence-corrected chi connectivity index (χ4v) is 2.33. The van der Waals surface area contributed by atoms with Gasteiger partial charge in [-0.05, 0) is 18.6 Å². The molecule has 1 aromatic rings. The van der Waals surface area contributed by atoms with Crippen molar-refractivity contribution in [2.45, 2.75) is 25.4 Å². The average Bonchev–Trinajstić information content (AvgIpc) is 2.89. The number of rotatable bonds is 6. The van der Waals surface area contributed by atoms with E-state index in [-0.39, 0.29) is 29.6 Å². The second-order valence-corrected chi connectivity index (χ2v) is 5.30. The van der Waals surface area contributed by atoms with E-state index in [1.54, 1.807) is 17.0 Å². The Morgan fingerprint density at radius 1 is 1.22 bits per heavy atom. The fraction of sp³-hybridized carbons (Fsp3) is 0.467. The summed E-state index contributed by atoms with van der Waals surface area (Å²) in [4.78, 5) is 25.0. The predicted octanol–water partition coefficient (Wildman–Crippen LogP) is 2.61. The van der Waals surface area contributed by atoms with Gasteiger partial charge in [-0.25, -0.2) is 0 Å². The highest BCUT2D eigenvalue weighted by Gasteiger charge is 2.27. The standard InChI is InChI=1S/C15H18F3N3O2/c16-15(17,18)10-19-11-4-1-2-5-12(11)20-13(22)7-9-21-8-3-6-14(21)23/h1-2,4-5,19H,3,6-10H2,(H,20,22). The third-order valence-corrected chi connectivity index (χ3v) is 3.46. The normalized spacial score (nSPS) is 14.9. The number of nitrogens with one attached hydrogen (secondary N) is 2. The first-order chi connectivity index (χ1) is 10.8. The molecule has 0 atom stereocenters. The molecule has 2 N–H and O–H groups in total. The highest BCUT2D eigenvalue weighted by molar-refractivity contribution is 5.94. The van der Waals surface area contributed by atoms with Crippen LogP contribution in [0.5, 0.6) is 0 Å². The SMILES string of the molecule is O=C(CCN1CCCC1=O)Nc1ccccc1NCC(F)(F)F. The lowest BCUT2D eigenvalue weighted by atomic mass is 10.2. The molecule has 5 nitrogen and oxygen atoms in total. The largest absolute Gasteiger partial charge is 0.405 e. The van der Waals surface area contributed by atoms with Crippen molar-refractivity contribution < 1.29 is 22.8 Å². The molecule has 1 fully saturated rings. The van der Waals surface area contributed by atoms with E-state index >= 15 is 0 Å². The minimum Gasteiger partial charge on any atom is -0.375 e. The number of carbonyl (C=O) groups is 2. The Kier molecular flexibility index (Phi) is 5.46. The number of amides is 2. The van der Waals surface area contributed by atoms with Gasteiger partial charge in [0, 0.05) is 25.9 Å². The summed E-state index contributed by atoms with van der Waals surface area (Å²) in [5, 5.41) is 4.84. The van der Waals surface area contributed by atoms with Crippen LogP contribution in [0.3, 0.4) is 0 Å². The Hall–Kier alpha value is -2.25. The summed E-state index contributed by atoms with van der Waals surface area (Å²) in [5.41, 5.74) is 0.491. The molecular weight excluding hydrogens is 311 g/mol. The number of halogens is 3. The maximum Gasteiger partial charge on any atom is 0.405 e. The van der Waals surface area contributed by atoms with Gasteiger partial charge in [-0.1, -0.05) is 12.1 Å². The van der Waals surface area contributed by atoms with E-state index in [1.807, 2.05) is 0 Å². The Labute approximate surface area is 131 Å². The fourth-order valence-electron chi connectivity index (χ4n) is 2.33. The minimum atomic E-state index is -4.34. The highest BCUT2D eigenvalue weighted by atomic mass is 19.4. The van der Waals surface area contributed by atoms with E-state index < -0.39 is 12.7 Å². The van der Waals surface area contributed by atoms with Crippen molar-refractivity contribution in [3.63, 3.8) is 0 Å². The summed E-state index contributed by atoms with van der Waals surface area (Å²) in [6.45, 7) is -0.208. The van der Waals surface area contributed by atoms with E-state index in [9.17, 15) is 22.8 Å². The molecule has 0 aromatic heterocycles. The first-order valence-corrected chi connectivity index (χ1v) is 7.32. The summed E-state index contributed by atoms with van der Waals surface area (Å²) < 4.78 is 36.8.